The Bertz CT molecular complexity index is 665. The van der Waals surface area contributed by atoms with Gasteiger partial charge in [-0.1, -0.05) is 0 Å². The molecule has 0 saturated heterocycles. The van der Waals surface area contributed by atoms with Gasteiger partial charge in [0.05, 0.1) is 5.69 Å². The summed E-state index contributed by atoms with van der Waals surface area (Å²) in [6, 6.07) is 2.78. The minimum absolute atomic E-state index is 0.0846. The molecule has 0 atom stereocenters. The van der Waals surface area contributed by atoms with Gasteiger partial charge in [0.2, 0.25) is 5.95 Å². The molecule has 2 rings (SSSR count). The van der Waals surface area contributed by atoms with Gasteiger partial charge in [0, 0.05) is 7.05 Å². The van der Waals surface area contributed by atoms with Crippen LogP contribution in [-0.4, -0.2) is 50.3 Å². The fourth-order valence-corrected chi connectivity index (χ4v) is 1.71. The van der Waals surface area contributed by atoms with Crippen LogP contribution in [0.2, 0.25) is 0 Å². The van der Waals surface area contributed by atoms with Gasteiger partial charge in [-0.15, -0.1) is 5.10 Å². The van der Waals surface area contributed by atoms with Crippen LogP contribution in [-0.2, 0) is 4.79 Å². The number of aliphatic carboxylic acids is 1. The molecule has 2 aromatic heterocycles. The summed E-state index contributed by atoms with van der Waals surface area (Å²) in [5.74, 6) is -2.28. The average molecular weight is 265 g/mol. The molecule has 0 amide bonds. The first-order valence-corrected chi connectivity index (χ1v) is 5.21. The van der Waals surface area contributed by atoms with Gasteiger partial charge >= 0.3 is 11.9 Å². The summed E-state index contributed by atoms with van der Waals surface area (Å²) in [7, 11) is 1.55. The molecule has 0 aliphatic carbocycles. The smallest absolute Gasteiger partial charge is 0.354 e. The summed E-state index contributed by atoms with van der Waals surface area (Å²) in [6.07, 6.45) is 0. The van der Waals surface area contributed by atoms with Crippen LogP contribution in [0, 0.1) is 0 Å². The lowest BCUT2D eigenvalue weighted by Crippen LogP contribution is -2.26. The van der Waals surface area contributed by atoms with Crippen LogP contribution in [0.3, 0.4) is 0 Å². The molecule has 0 spiro atoms. The van der Waals surface area contributed by atoms with E-state index in [0.717, 1.165) is 4.52 Å². The van der Waals surface area contributed by atoms with E-state index in [1.807, 2.05) is 0 Å². The summed E-state index contributed by atoms with van der Waals surface area (Å²) in [5, 5.41) is 21.6. The van der Waals surface area contributed by atoms with E-state index in [-0.39, 0.29) is 23.8 Å². The van der Waals surface area contributed by atoms with E-state index in [1.165, 1.54) is 17.0 Å². The van der Waals surface area contributed by atoms with Crippen LogP contribution in [0.4, 0.5) is 11.6 Å². The van der Waals surface area contributed by atoms with Crippen molar-refractivity contribution in [2.45, 2.75) is 0 Å². The summed E-state index contributed by atoms with van der Waals surface area (Å²) in [6.45, 7) is -0.255. The number of carbonyl (C=O) groups is 2. The topological polar surface area (TPSA) is 134 Å². The van der Waals surface area contributed by atoms with E-state index < -0.39 is 11.9 Å². The number of carboxylic acid groups (broad SMARTS) is 2. The fraction of sp³-hybridized carbons (Fsp3) is 0.200. The Balaban J connectivity index is 2.61. The van der Waals surface area contributed by atoms with E-state index in [2.05, 4.69) is 10.1 Å². The maximum Gasteiger partial charge on any atom is 0.354 e. The number of aromatic carboxylic acids is 1. The maximum atomic E-state index is 11.0. The first kappa shape index (κ1) is 12.6. The number of aromatic nitrogens is 3. The molecule has 2 heterocycles. The summed E-state index contributed by atoms with van der Waals surface area (Å²) >= 11 is 0. The van der Waals surface area contributed by atoms with Crippen molar-refractivity contribution in [1.82, 2.24) is 14.6 Å². The predicted molar refractivity (Wildman–Crippen MR) is 65.3 cm³/mol. The molecule has 9 nitrogen and oxygen atoms in total. The molecule has 9 heteroatoms. The molecule has 2 aromatic rings. The van der Waals surface area contributed by atoms with Crippen molar-refractivity contribution in [2.24, 2.45) is 0 Å². The molecule has 0 fully saturated rings. The second-order valence-electron chi connectivity index (χ2n) is 3.86. The van der Waals surface area contributed by atoms with E-state index >= 15 is 0 Å². The molecular formula is C10H11N5O4. The highest BCUT2D eigenvalue weighted by Gasteiger charge is 2.17. The molecule has 0 unspecified atom stereocenters. The zero-order valence-electron chi connectivity index (χ0n) is 9.94. The van der Waals surface area contributed by atoms with Gasteiger partial charge in [-0.2, -0.15) is 4.98 Å². The van der Waals surface area contributed by atoms with Crippen LogP contribution in [0.15, 0.2) is 12.1 Å². The van der Waals surface area contributed by atoms with Crippen molar-refractivity contribution in [1.29, 1.82) is 0 Å². The Kier molecular flexibility index (Phi) is 2.95. The Morgan fingerprint density at radius 2 is 2.11 bits per heavy atom. The van der Waals surface area contributed by atoms with Gasteiger partial charge in [-0.3, -0.25) is 4.79 Å². The quantitative estimate of drug-likeness (QED) is 0.675. The monoisotopic (exact) mass is 265 g/mol. The van der Waals surface area contributed by atoms with Crippen LogP contribution in [0.1, 0.15) is 10.5 Å². The van der Waals surface area contributed by atoms with Crippen LogP contribution in [0.5, 0.6) is 0 Å². The van der Waals surface area contributed by atoms with Crippen LogP contribution < -0.4 is 10.6 Å². The molecule has 0 aromatic carbocycles. The van der Waals surface area contributed by atoms with Crippen molar-refractivity contribution >= 4 is 29.2 Å². The summed E-state index contributed by atoms with van der Waals surface area (Å²) in [4.78, 5) is 27.1. The maximum absolute atomic E-state index is 11.0. The van der Waals surface area contributed by atoms with E-state index in [4.69, 9.17) is 15.9 Å². The third-order valence-corrected chi connectivity index (χ3v) is 2.48. The Morgan fingerprint density at radius 1 is 1.42 bits per heavy atom. The van der Waals surface area contributed by atoms with Crippen molar-refractivity contribution in [2.75, 3.05) is 24.2 Å². The Hall–Kier alpha value is -2.84. The minimum atomic E-state index is -1.18. The largest absolute Gasteiger partial charge is 0.480 e. The lowest BCUT2D eigenvalue weighted by atomic mass is 10.3. The predicted octanol–water partition coefficient (Wildman–Crippen LogP) is -0.470. The van der Waals surface area contributed by atoms with E-state index in [1.54, 1.807) is 7.05 Å². The average Bonchev–Trinajstić information content (AvgIpc) is 2.66. The second-order valence-corrected chi connectivity index (χ2v) is 3.86. The number of nitrogens with two attached hydrogens (primary N) is 1. The van der Waals surface area contributed by atoms with Crippen molar-refractivity contribution in [3.8, 4) is 0 Å². The summed E-state index contributed by atoms with van der Waals surface area (Å²) < 4.78 is 1.07. The van der Waals surface area contributed by atoms with Crippen molar-refractivity contribution < 1.29 is 19.8 Å². The number of anilines is 2. The molecule has 4 N–H and O–H groups in total. The zero-order chi connectivity index (χ0) is 14.2. The summed E-state index contributed by atoms with van der Waals surface area (Å²) in [5.41, 5.74) is 5.98. The highest BCUT2D eigenvalue weighted by Crippen LogP contribution is 2.21. The molecule has 0 radical (unpaired) electrons. The minimum Gasteiger partial charge on any atom is -0.480 e. The second kappa shape index (κ2) is 4.44. The third kappa shape index (κ3) is 2.25. The van der Waals surface area contributed by atoms with Gasteiger partial charge in [-0.05, 0) is 12.1 Å². The van der Waals surface area contributed by atoms with E-state index in [9.17, 15) is 9.59 Å². The highest BCUT2D eigenvalue weighted by molar-refractivity contribution is 5.88. The SMILES string of the molecule is CN(CC(=O)O)c1ccc(C(=O)O)n2nc(N)nc12. The Morgan fingerprint density at radius 3 is 2.68 bits per heavy atom. The van der Waals surface area contributed by atoms with Gasteiger partial charge in [0.1, 0.15) is 6.54 Å². The molecule has 0 aliphatic heterocycles. The number of hydrogen-bond acceptors (Lipinski definition) is 6. The van der Waals surface area contributed by atoms with Gasteiger partial charge in [0.15, 0.2) is 11.3 Å². The number of rotatable bonds is 4. The normalized spacial score (nSPS) is 10.6. The standard InChI is InChI=1S/C10H11N5O4/c1-14(4-7(16)17)5-2-3-6(9(18)19)15-8(5)12-10(11)13-15/h2-3H,4H2,1H3,(H2,11,13)(H,16,17)(H,18,19). The van der Waals surface area contributed by atoms with E-state index in [0.29, 0.717) is 5.69 Å². The number of fused-ring (bicyclic) bond motifs is 1. The van der Waals surface area contributed by atoms with Crippen molar-refractivity contribution in [3.63, 3.8) is 0 Å². The molecule has 0 aliphatic rings. The van der Waals surface area contributed by atoms with Gasteiger partial charge < -0.3 is 20.8 Å². The molecule has 0 bridgehead atoms. The van der Waals surface area contributed by atoms with Crippen LogP contribution in [0.25, 0.3) is 5.65 Å². The Labute approximate surface area is 106 Å². The lowest BCUT2D eigenvalue weighted by molar-refractivity contribution is -0.135. The molecule has 19 heavy (non-hydrogen) atoms. The molecule has 100 valence electrons. The third-order valence-electron chi connectivity index (χ3n) is 2.48. The highest BCUT2D eigenvalue weighted by atomic mass is 16.4. The molecular weight excluding hydrogens is 254 g/mol. The van der Waals surface area contributed by atoms with Gasteiger partial charge in [-0.25, -0.2) is 9.31 Å². The first-order valence-electron chi connectivity index (χ1n) is 5.21. The van der Waals surface area contributed by atoms with Crippen molar-refractivity contribution in [3.05, 3.63) is 17.8 Å². The van der Waals surface area contributed by atoms with Crippen LogP contribution >= 0.6 is 0 Å². The lowest BCUT2D eigenvalue weighted by Gasteiger charge is -2.17. The fourth-order valence-electron chi connectivity index (χ4n) is 1.71. The number of hydrogen-bond donors (Lipinski definition) is 3. The number of likely N-dealkylation sites (N-methyl/N-ethyl adjacent to an activating group) is 1. The number of nitrogen functional groups attached to an aromatic ring is 1. The van der Waals surface area contributed by atoms with Gasteiger partial charge in [0.25, 0.3) is 0 Å². The number of pyridine rings is 1. The first-order chi connectivity index (χ1) is 8.90. The number of carboxylic acids is 2. The number of nitrogens with zero attached hydrogens (tertiary/aromatic N) is 4. The zero-order valence-corrected chi connectivity index (χ0v) is 9.94. The molecule has 0 saturated carbocycles.